The minimum absolute atomic E-state index is 0.0641. The molecule has 0 aromatic heterocycles. The van der Waals surface area contributed by atoms with Crippen LogP contribution in [0.4, 0.5) is 5.69 Å². The molecule has 5 nitrogen and oxygen atoms in total. The lowest BCUT2D eigenvalue weighted by molar-refractivity contribution is 0.0993. The van der Waals surface area contributed by atoms with E-state index < -0.39 is 10.0 Å². The summed E-state index contributed by atoms with van der Waals surface area (Å²) >= 11 is 0. The number of nitrogens with zero attached hydrogens (tertiary/aromatic N) is 2. The summed E-state index contributed by atoms with van der Waals surface area (Å²) in [6.07, 6.45) is 5.14. The minimum Gasteiger partial charge on any atom is -0.311 e. The van der Waals surface area contributed by atoms with E-state index in [1.54, 1.807) is 31.1 Å². The highest BCUT2D eigenvalue weighted by atomic mass is 32.2. The van der Waals surface area contributed by atoms with Gasteiger partial charge in [-0.25, -0.2) is 8.42 Å². The summed E-state index contributed by atoms with van der Waals surface area (Å²) in [6.45, 7) is 0. The zero-order valence-electron chi connectivity index (χ0n) is 15.8. The number of carbonyl (C=O) groups is 1. The lowest BCUT2D eigenvalue weighted by Gasteiger charge is -2.30. The predicted octanol–water partition coefficient (Wildman–Crippen LogP) is 3.92. The van der Waals surface area contributed by atoms with Gasteiger partial charge in [-0.1, -0.05) is 37.5 Å². The SMILES string of the molecule is CN(C(=O)c1ccc(S(=O)(=O)N(C)C2CCCCC2)cc1)c1ccccc1. The van der Waals surface area contributed by atoms with Crippen LogP contribution in [0.1, 0.15) is 42.5 Å². The Morgan fingerprint density at radius 2 is 1.48 bits per heavy atom. The molecular weight excluding hydrogens is 360 g/mol. The molecule has 6 heteroatoms. The normalized spacial score (nSPS) is 15.7. The van der Waals surface area contributed by atoms with Crippen LogP contribution in [0.3, 0.4) is 0 Å². The number of hydrogen-bond donors (Lipinski definition) is 0. The Hall–Kier alpha value is -2.18. The van der Waals surface area contributed by atoms with Crippen LogP contribution < -0.4 is 4.90 Å². The molecule has 0 unspecified atom stereocenters. The number of amides is 1. The van der Waals surface area contributed by atoms with Gasteiger partial charge in [0, 0.05) is 31.4 Å². The first kappa shape index (κ1) is 19.6. The average molecular weight is 387 g/mol. The lowest BCUT2D eigenvalue weighted by atomic mass is 9.96. The summed E-state index contributed by atoms with van der Waals surface area (Å²) in [7, 11) is -0.177. The van der Waals surface area contributed by atoms with Crippen molar-refractivity contribution in [3.63, 3.8) is 0 Å². The van der Waals surface area contributed by atoms with Crippen LogP contribution in [0.25, 0.3) is 0 Å². The maximum absolute atomic E-state index is 12.9. The van der Waals surface area contributed by atoms with Gasteiger partial charge in [-0.3, -0.25) is 4.79 Å². The van der Waals surface area contributed by atoms with E-state index in [9.17, 15) is 13.2 Å². The third kappa shape index (κ3) is 4.22. The average Bonchev–Trinajstić information content (AvgIpc) is 2.73. The zero-order chi connectivity index (χ0) is 19.4. The molecule has 0 bridgehead atoms. The summed E-state index contributed by atoms with van der Waals surface area (Å²) in [6, 6.07) is 15.6. The third-order valence-electron chi connectivity index (χ3n) is 5.32. The number of para-hydroxylation sites is 1. The van der Waals surface area contributed by atoms with Gasteiger partial charge >= 0.3 is 0 Å². The standard InChI is InChI=1S/C21H26N2O3S/c1-22(18-9-5-3-6-10-18)21(24)17-13-15-20(16-14-17)27(25,26)23(2)19-11-7-4-8-12-19/h3,5-6,9-10,13-16,19H,4,7-8,11-12H2,1-2H3. The van der Waals surface area contributed by atoms with Gasteiger partial charge in [0.2, 0.25) is 10.0 Å². The molecule has 0 heterocycles. The second kappa shape index (κ2) is 8.23. The fraction of sp³-hybridized carbons (Fsp3) is 0.381. The Morgan fingerprint density at radius 1 is 0.889 bits per heavy atom. The molecule has 0 N–H and O–H groups in total. The summed E-state index contributed by atoms with van der Waals surface area (Å²) < 4.78 is 27.3. The number of rotatable bonds is 5. The number of sulfonamides is 1. The number of benzene rings is 2. The van der Waals surface area contributed by atoms with Crippen LogP contribution in [0.15, 0.2) is 59.5 Å². The van der Waals surface area contributed by atoms with Crippen molar-refractivity contribution in [2.45, 2.75) is 43.0 Å². The molecule has 1 fully saturated rings. The smallest absolute Gasteiger partial charge is 0.258 e. The maximum atomic E-state index is 12.9. The molecule has 144 valence electrons. The van der Waals surface area contributed by atoms with Crippen molar-refractivity contribution in [3.8, 4) is 0 Å². The van der Waals surface area contributed by atoms with Gasteiger partial charge in [0.15, 0.2) is 0 Å². The Labute approximate surface area is 161 Å². The van der Waals surface area contributed by atoms with Crippen LogP contribution in [0, 0.1) is 0 Å². The second-order valence-corrected chi connectivity index (χ2v) is 9.03. The molecule has 1 saturated carbocycles. The monoisotopic (exact) mass is 386 g/mol. The van der Waals surface area contributed by atoms with Crippen molar-refractivity contribution in [2.24, 2.45) is 0 Å². The van der Waals surface area contributed by atoms with Crippen molar-refractivity contribution < 1.29 is 13.2 Å². The fourth-order valence-corrected chi connectivity index (χ4v) is 4.96. The lowest BCUT2D eigenvalue weighted by Crippen LogP contribution is -2.38. The van der Waals surface area contributed by atoms with Gasteiger partial charge in [0.25, 0.3) is 5.91 Å². The van der Waals surface area contributed by atoms with E-state index in [2.05, 4.69) is 0 Å². The van der Waals surface area contributed by atoms with E-state index in [1.807, 2.05) is 30.3 Å². The maximum Gasteiger partial charge on any atom is 0.258 e. The fourth-order valence-electron chi connectivity index (χ4n) is 3.54. The molecule has 1 aliphatic carbocycles. The molecule has 0 spiro atoms. The molecule has 3 rings (SSSR count). The molecule has 0 saturated heterocycles. The highest BCUT2D eigenvalue weighted by Gasteiger charge is 2.29. The minimum atomic E-state index is -3.55. The summed E-state index contributed by atoms with van der Waals surface area (Å²) in [5.74, 6) is -0.175. The van der Waals surface area contributed by atoms with E-state index in [0.29, 0.717) is 5.56 Å². The highest BCUT2D eigenvalue weighted by Crippen LogP contribution is 2.26. The largest absolute Gasteiger partial charge is 0.311 e. The van der Waals surface area contributed by atoms with Gasteiger partial charge < -0.3 is 4.90 Å². The molecule has 0 aliphatic heterocycles. The third-order valence-corrected chi connectivity index (χ3v) is 7.24. The first-order valence-corrected chi connectivity index (χ1v) is 10.8. The molecule has 0 atom stereocenters. The molecular formula is C21H26N2O3S. The van der Waals surface area contributed by atoms with Crippen molar-refractivity contribution in [2.75, 3.05) is 19.0 Å². The molecule has 1 amide bonds. The van der Waals surface area contributed by atoms with Gasteiger partial charge in [-0.15, -0.1) is 0 Å². The topological polar surface area (TPSA) is 57.7 Å². The Balaban J connectivity index is 1.77. The van der Waals surface area contributed by atoms with Crippen molar-refractivity contribution >= 4 is 21.6 Å². The number of carbonyl (C=O) groups excluding carboxylic acids is 1. The first-order chi connectivity index (χ1) is 12.9. The molecule has 2 aromatic rings. The van der Waals surface area contributed by atoms with E-state index in [-0.39, 0.29) is 16.8 Å². The molecule has 0 radical (unpaired) electrons. The summed E-state index contributed by atoms with van der Waals surface area (Å²) in [4.78, 5) is 14.4. The Kier molecular flexibility index (Phi) is 5.97. The van der Waals surface area contributed by atoms with E-state index >= 15 is 0 Å². The van der Waals surface area contributed by atoms with E-state index in [0.717, 1.165) is 31.4 Å². The molecule has 1 aliphatic rings. The van der Waals surface area contributed by atoms with Crippen LogP contribution in [0.2, 0.25) is 0 Å². The van der Waals surface area contributed by atoms with E-state index in [1.165, 1.54) is 22.9 Å². The predicted molar refractivity (Wildman–Crippen MR) is 107 cm³/mol. The van der Waals surface area contributed by atoms with Crippen molar-refractivity contribution in [1.29, 1.82) is 0 Å². The van der Waals surface area contributed by atoms with Crippen LogP contribution in [-0.4, -0.2) is 38.8 Å². The molecule has 2 aromatic carbocycles. The van der Waals surface area contributed by atoms with Crippen LogP contribution in [0.5, 0.6) is 0 Å². The Morgan fingerprint density at radius 3 is 2.07 bits per heavy atom. The second-order valence-electron chi connectivity index (χ2n) is 7.04. The Bertz CT molecular complexity index is 873. The first-order valence-electron chi connectivity index (χ1n) is 9.32. The highest BCUT2D eigenvalue weighted by molar-refractivity contribution is 7.89. The van der Waals surface area contributed by atoms with E-state index in [4.69, 9.17) is 0 Å². The summed E-state index contributed by atoms with van der Waals surface area (Å²) in [5, 5.41) is 0. The summed E-state index contributed by atoms with van der Waals surface area (Å²) in [5.41, 5.74) is 1.25. The zero-order valence-corrected chi connectivity index (χ0v) is 16.7. The number of hydrogen-bond acceptors (Lipinski definition) is 3. The van der Waals surface area contributed by atoms with Crippen LogP contribution in [-0.2, 0) is 10.0 Å². The van der Waals surface area contributed by atoms with Crippen molar-refractivity contribution in [1.82, 2.24) is 4.31 Å². The van der Waals surface area contributed by atoms with Crippen LogP contribution >= 0.6 is 0 Å². The van der Waals surface area contributed by atoms with Gasteiger partial charge in [0.1, 0.15) is 0 Å². The van der Waals surface area contributed by atoms with Crippen molar-refractivity contribution in [3.05, 3.63) is 60.2 Å². The van der Waals surface area contributed by atoms with Gasteiger partial charge in [-0.05, 0) is 49.2 Å². The molecule has 27 heavy (non-hydrogen) atoms. The van der Waals surface area contributed by atoms with Gasteiger partial charge in [0.05, 0.1) is 4.90 Å². The van der Waals surface area contributed by atoms with Gasteiger partial charge in [-0.2, -0.15) is 4.31 Å². The number of anilines is 1. The quantitative estimate of drug-likeness (QED) is 0.783.